The molecule has 1 heterocycles. The van der Waals surface area contributed by atoms with E-state index in [9.17, 15) is 18.0 Å². The van der Waals surface area contributed by atoms with Crippen LogP contribution in [-0.4, -0.2) is 36.2 Å². The van der Waals surface area contributed by atoms with Gasteiger partial charge in [-0.2, -0.15) is 13.2 Å². The Labute approximate surface area is 128 Å². The lowest BCUT2D eigenvalue weighted by Crippen LogP contribution is -2.52. The van der Waals surface area contributed by atoms with Crippen molar-refractivity contribution in [2.75, 3.05) is 13.2 Å². The van der Waals surface area contributed by atoms with Gasteiger partial charge in [0, 0.05) is 6.54 Å². The minimum atomic E-state index is -4.38. The molecule has 1 aliphatic rings. The van der Waals surface area contributed by atoms with Crippen LogP contribution in [0, 0.1) is 13.8 Å². The monoisotopic (exact) mass is 315 g/mol. The number of carbonyl (C=O) groups excluding carboxylic acids is 1. The molecule has 0 radical (unpaired) electrons. The molecule has 0 saturated carbocycles. The summed E-state index contributed by atoms with van der Waals surface area (Å²) in [5.74, 6) is -0.114. The van der Waals surface area contributed by atoms with Crippen LogP contribution in [0.3, 0.4) is 0 Å². The first kappa shape index (κ1) is 16.6. The van der Waals surface area contributed by atoms with E-state index in [2.05, 4.69) is 0 Å². The predicted molar refractivity (Wildman–Crippen MR) is 76.8 cm³/mol. The number of rotatable bonds is 3. The Hall–Kier alpha value is -1.72. The van der Waals surface area contributed by atoms with Crippen LogP contribution in [0.1, 0.15) is 30.4 Å². The summed E-state index contributed by atoms with van der Waals surface area (Å²) in [6.45, 7) is 3.63. The molecule has 0 bridgehead atoms. The first-order valence-corrected chi connectivity index (χ1v) is 7.35. The Bertz CT molecular complexity index is 543. The molecule has 0 unspecified atom stereocenters. The lowest BCUT2D eigenvalue weighted by Gasteiger charge is -2.36. The summed E-state index contributed by atoms with van der Waals surface area (Å²) in [7, 11) is 0. The Kier molecular flexibility index (Phi) is 4.98. The molecule has 1 aromatic rings. The van der Waals surface area contributed by atoms with Gasteiger partial charge in [-0.1, -0.05) is 6.07 Å². The van der Waals surface area contributed by atoms with Crippen LogP contribution in [0.5, 0.6) is 5.75 Å². The Morgan fingerprint density at radius 3 is 2.64 bits per heavy atom. The molecule has 1 amide bonds. The van der Waals surface area contributed by atoms with Gasteiger partial charge in [0.25, 0.3) is 5.91 Å². The van der Waals surface area contributed by atoms with Crippen molar-refractivity contribution in [3.63, 3.8) is 0 Å². The molecule has 1 atom stereocenters. The van der Waals surface area contributed by atoms with Crippen LogP contribution in [0.4, 0.5) is 13.2 Å². The third-order valence-electron chi connectivity index (χ3n) is 4.04. The molecule has 0 N–H and O–H groups in total. The average Bonchev–Trinajstić information content (AvgIpc) is 2.47. The lowest BCUT2D eigenvalue weighted by molar-refractivity contribution is -0.196. The normalized spacial score (nSPS) is 19.1. The van der Waals surface area contributed by atoms with Crippen molar-refractivity contribution >= 4 is 5.91 Å². The van der Waals surface area contributed by atoms with E-state index in [-0.39, 0.29) is 19.6 Å². The zero-order chi connectivity index (χ0) is 16.3. The molecule has 1 aromatic carbocycles. The van der Waals surface area contributed by atoms with Gasteiger partial charge in [-0.3, -0.25) is 4.79 Å². The maximum atomic E-state index is 13.0. The van der Waals surface area contributed by atoms with Crippen molar-refractivity contribution in [3.8, 4) is 5.75 Å². The standard InChI is InChI=1S/C16H20F3NO2/c1-11-6-7-13(9-12(11)2)22-10-15(21)20-8-4-3-5-14(20)16(17,18)19/h6-7,9,14H,3-5,8,10H2,1-2H3/t14-/m1/s1. The molecule has 1 saturated heterocycles. The molecule has 1 aliphatic heterocycles. The zero-order valence-electron chi connectivity index (χ0n) is 12.7. The Balaban J connectivity index is 1.99. The number of benzene rings is 1. The molecule has 0 aromatic heterocycles. The molecule has 122 valence electrons. The molecule has 0 aliphatic carbocycles. The van der Waals surface area contributed by atoms with E-state index in [0.717, 1.165) is 16.0 Å². The molecule has 22 heavy (non-hydrogen) atoms. The van der Waals surface area contributed by atoms with Gasteiger partial charge in [-0.15, -0.1) is 0 Å². The number of aryl methyl sites for hydroxylation is 2. The van der Waals surface area contributed by atoms with E-state index in [1.54, 1.807) is 12.1 Å². The number of halogens is 3. The molecule has 1 fully saturated rings. The van der Waals surface area contributed by atoms with Gasteiger partial charge in [-0.25, -0.2) is 0 Å². The van der Waals surface area contributed by atoms with Crippen molar-refractivity contribution in [2.45, 2.75) is 45.3 Å². The van der Waals surface area contributed by atoms with Crippen LogP contribution in [0.2, 0.25) is 0 Å². The van der Waals surface area contributed by atoms with Crippen molar-refractivity contribution in [1.29, 1.82) is 0 Å². The van der Waals surface area contributed by atoms with Crippen molar-refractivity contribution < 1.29 is 22.7 Å². The topological polar surface area (TPSA) is 29.5 Å². The number of carbonyl (C=O) groups is 1. The zero-order valence-corrected chi connectivity index (χ0v) is 12.7. The van der Waals surface area contributed by atoms with Gasteiger partial charge in [0.05, 0.1) is 0 Å². The smallest absolute Gasteiger partial charge is 0.408 e. The maximum absolute atomic E-state index is 13.0. The fraction of sp³-hybridized carbons (Fsp3) is 0.562. The summed E-state index contributed by atoms with van der Waals surface area (Å²) in [6.07, 6.45) is -3.32. The number of piperidine rings is 1. The van der Waals surface area contributed by atoms with Crippen LogP contribution >= 0.6 is 0 Å². The fourth-order valence-electron chi connectivity index (χ4n) is 2.60. The molecule has 2 rings (SSSR count). The fourth-order valence-corrected chi connectivity index (χ4v) is 2.60. The number of ether oxygens (including phenoxy) is 1. The minimum Gasteiger partial charge on any atom is -0.484 e. The number of likely N-dealkylation sites (tertiary alicyclic amines) is 1. The van der Waals surface area contributed by atoms with Crippen LogP contribution < -0.4 is 4.74 Å². The van der Waals surface area contributed by atoms with E-state index in [0.29, 0.717) is 18.6 Å². The summed E-state index contributed by atoms with van der Waals surface area (Å²) >= 11 is 0. The van der Waals surface area contributed by atoms with E-state index < -0.39 is 18.1 Å². The number of amides is 1. The Morgan fingerprint density at radius 1 is 1.27 bits per heavy atom. The summed E-state index contributed by atoms with van der Waals surface area (Å²) < 4.78 is 44.3. The molecule has 3 nitrogen and oxygen atoms in total. The summed E-state index contributed by atoms with van der Waals surface area (Å²) in [5.41, 5.74) is 2.10. The second-order valence-electron chi connectivity index (χ2n) is 5.68. The summed E-state index contributed by atoms with van der Waals surface area (Å²) in [6, 6.07) is 3.67. The first-order chi connectivity index (χ1) is 10.3. The van der Waals surface area contributed by atoms with E-state index in [4.69, 9.17) is 4.74 Å². The largest absolute Gasteiger partial charge is 0.484 e. The summed E-state index contributed by atoms with van der Waals surface area (Å²) in [4.78, 5) is 13.0. The van der Waals surface area contributed by atoms with Gasteiger partial charge in [0.1, 0.15) is 11.8 Å². The number of alkyl halides is 3. The highest BCUT2D eigenvalue weighted by atomic mass is 19.4. The molecule has 0 spiro atoms. The predicted octanol–water partition coefficient (Wildman–Crippen LogP) is 3.63. The molecular formula is C16H20F3NO2. The third-order valence-corrected chi connectivity index (χ3v) is 4.04. The lowest BCUT2D eigenvalue weighted by atomic mass is 10.0. The second-order valence-corrected chi connectivity index (χ2v) is 5.68. The molecule has 6 heteroatoms. The highest BCUT2D eigenvalue weighted by molar-refractivity contribution is 5.78. The van der Waals surface area contributed by atoms with E-state index in [1.165, 1.54) is 0 Å². The second kappa shape index (κ2) is 6.58. The van der Waals surface area contributed by atoms with Gasteiger partial charge in [0.2, 0.25) is 0 Å². The number of hydrogen-bond acceptors (Lipinski definition) is 2. The number of hydrogen-bond donors (Lipinski definition) is 0. The van der Waals surface area contributed by atoms with Crippen LogP contribution in [0.25, 0.3) is 0 Å². The Morgan fingerprint density at radius 2 is 2.00 bits per heavy atom. The maximum Gasteiger partial charge on any atom is 0.408 e. The SMILES string of the molecule is Cc1ccc(OCC(=O)N2CCCC[C@@H]2C(F)(F)F)cc1C. The van der Waals surface area contributed by atoms with E-state index in [1.807, 2.05) is 19.9 Å². The summed E-state index contributed by atoms with van der Waals surface area (Å²) in [5, 5.41) is 0. The quantitative estimate of drug-likeness (QED) is 0.852. The van der Waals surface area contributed by atoms with Gasteiger partial charge < -0.3 is 9.64 Å². The van der Waals surface area contributed by atoms with Gasteiger partial charge >= 0.3 is 6.18 Å². The van der Waals surface area contributed by atoms with Gasteiger partial charge in [0.15, 0.2) is 6.61 Å². The van der Waals surface area contributed by atoms with Crippen LogP contribution in [-0.2, 0) is 4.79 Å². The molecular weight excluding hydrogens is 295 g/mol. The highest BCUT2D eigenvalue weighted by Crippen LogP contribution is 2.31. The highest BCUT2D eigenvalue weighted by Gasteiger charge is 2.46. The van der Waals surface area contributed by atoms with E-state index >= 15 is 0 Å². The van der Waals surface area contributed by atoms with Crippen molar-refractivity contribution in [3.05, 3.63) is 29.3 Å². The number of nitrogens with zero attached hydrogens (tertiary/aromatic N) is 1. The van der Waals surface area contributed by atoms with Crippen molar-refractivity contribution in [1.82, 2.24) is 4.90 Å². The minimum absolute atomic E-state index is 0.0289. The first-order valence-electron chi connectivity index (χ1n) is 7.35. The average molecular weight is 315 g/mol. The van der Waals surface area contributed by atoms with Crippen LogP contribution in [0.15, 0.2) is 18.2 Å². The third kappa shape index (κ3) is 3.93. The van der Waals surface area contributed by atoms with Crippen molar-refractivity contribution in [2.24, 2.45) is 0 Å². The van der Waals surface area contributed by atoms with Gasteiger partial charge in [-0.05, 0) is 56.4 Å².